The number of thiocarbonyl (C=S) groups is 1. The van der Waals surface area contributed by atoms with Gasteiger partial charge in [-0.15, -0.1) is 11.8 Å². The Morgan fingerprint density at radius 2 is 2.00 bits per heavy atom. The Balaban J connectivity index is 2.12. The van der Waals surface area contributed by atoms with Crippen LogP contribution in [-0.4, -0.2) is 53.6 Å². The van der Waals surface area contributed by atoms with Gasteiger partial charge in [0, 0.05) is 36.8 Å². The summed E-state index contributed by atoms with van der Waals surface area (Å²) in [5.41, 5.74) is 0. The number of likely N-dealkylation sites (N-methyl/N-ethyl adjacent to an activating group) is 1. The van der Waals surface area contributed by atoms with Crippen molar-refractivity contribution in [2.45, 2.75) is 0 Å². The first-order valence-corrected chi connectivity index (χ1v) is 5.31. The summed E-state index contributed by atoms with van der Waals surface area (Å²) < 4.78 is 1.75. The molecule has 0 aromatic rings. The molecule has 0 atom stereocenters. The maximum Gasteiger partial charge on any atom is 0.0495 e. The summed E-state index contributed by atoms with van der Waals surface area (Å²) >= 11 is 6.46. The van der Waals surface area contributed by atoms with Gasteiger partial charge in [-0.1, -0.05) is 12.2 Å². The minimum Gasteiger partial charge on any atom is -0.304 e. The zero-order valence-electron chi connectivity index (χ0n) is 6.82. The maximum absolute atomic E-state index is 4.74. The second-order valence-corrected chi connectivity index (χ2v) is 4.17. The van der Waals surface area contributed by atoms with Gasteiger partial charge in [-0.3, -0.25) is 4.90 Å². The van der Waals surface area contributed by atoms with Crippen molar-refractivity contribution in [2.24, 2.45) is 0 Å². The molecule has 0 amide bonds. The summed E-state index contributed by atoms with van der Waals surface area (Å²) in [5.74, 6) is 1.07. The van der Waals surface area contributed by atoms with Crippen LogP contribution in [0.15, 0.2) is 0 Å². The number of rotatable bonds is 3. The van der Waals surface area contributed by atoms with Crippen LogP contribution in [0.25, 0.3) is 0 Å². The van der Waals surface area contributed by atoms with Crippen LogP contribution in [-0.2, 0) is 0 Å². The van der Waals surface area contributed by atoms with Crippen molar-refractivity contribution in [3.8, 4) is 0 Å². The monoisotopic (exact) mass is 190 g/mol. The SMILES string of the molecule is CN1CCN(CSC=S)CC1. The Labute approximate surface area is 77.9 Å². The average molecular weight is 190 g/mol. The van der Waals surface area contributed by atoms with E-state index in [9.17, 15) is 0 Å². The molecule has 2 nitrogen and oxygen atoms in total. The number of hydrogen-bond donors (Lipinski definition) is 0. The topological polar surface area (TPSA) is 6.48 Å². The fourth-order valence-corrected chi connectivity index (χ4v) is 1.83. The summed E-state index contributed by atoms with van der Waals surface area (Å²) in [6, 6.07) is 0. The Hall–Kier alpha value is 0.360. The highest BCUT2D eigenvalue weighted by atomic mass is 32.2. The molecule has 0 bridgehead atoms. The van der Waals surface area contributed by atoms with Crippen molar-refractivity contribution in [1.82, 2.24) is 9.80 Å². The largest absolute Gasteiger partial charge is 0.304 e. The van der Waals surface area contributed by atoms with Crippen LogP contribution in [0, 0.1) is 0 Å². The number of piperazine rings is 1. The lowest BCUT2D eigenvalue weighted by atomic mass is 10.4. The first-order valence-electron chi connectivity index (χ1n) is 3.79. The lowest BCUT2D eigenvalue weighted by Crippen LogP contribution is -2.44. The summed E-state index contributed by atoms with van der Waals surface area (Å²) in [6.45, 7) is 4.76. The lowest BCUT2D eigenvalue weighted by molar-refractivity contribution is 0.175. The molecule has 0 spiro atoms. The Kier molecular flexibility index (Phi) is 4.37. The van der Waals surface area contributed by atoms with Crippen LogP contribution in [0.1, 0.15) is 0 Å². The van der Waals surface area contributed by atoms with E-state index in [0.717, 1.165) is 5.88 Å². The highest BCUT2D eigenvalue weighted by molar-refractivity contribution is 8.20. The van der Waals surface area contributed by atoms with E-state index in [0.29, 0.717) is 0 Å². The standard InChI is InChI=1S/C7H14N2S2/c1-8-2-4-9(5-3-8)6-11-7-10/h7H,2-6H2,1H3. The van der Waals surface area contributed by atoms with Gasteiger partial charge in [-0.25, -0.2) is 0 Å². The molecule has 1 aliphatic rings. The normalized spacial score (nSPS) is 21.9. The molecule has 0 N–H and O–H groups in total. The van der Waals surface area contributed by atoms with Crippen LogP contribution in [0.4, 0.5) is 0 Å². The second-order valence-electron chi connectivity index (χ2n) is 2.81. The van der Waals surface area contributed by atoms with Crippen LogP contribution < -0.4 is 0 Å². The Morgan fingerprint density at radius 3 is 2.55 bits per heavy atom. The van der Waals surface area contributed by atoms with Crippen molar-refractivity contribution in [2.75, 3.05) is 39.1 Å². The molecule has 0 aromatic carbocycles. The van der Waals surface area contributed by atoms with E-state index < -0.39 is 0 Å². The van der Waals surface area contributed by atoms with E-state index >= 15 is 0 Å². The van der Waals surface area contributed by atoms with Crippen LogP contribution in [0.2, 0.25) is 0 Å². The van der Waals surface area contributed by atoms with Gasteiger partial charge in [0.2, 0.25) is 0 Å². The van der Waals surface area contributed by atoms with Crippen LogP contribution in [0.3, 0.4) is 0 Å². The highest BCUT2D eigenvalue weighted by Crippen LogP contribution is 2.04. The molecular weight excluding hydrogens is 176 g/mol. The van der Waals surface area contributed by atoms with E-state index in [2.05, 4.69) is 16.8 Å². The summed E-state index contributed by atoms with van der Waals surface area (Å²) in [6.07, 6.45) is 0. The lowest BCUT2D eigenvalue weighted by Gasteiger charge is -2.31. The highest BCUT2D eigenvalue weighted by Gasteiger charge is 2.12. The molecule has 1 fully saturated rings. The quantitative estimate of drug-likeness (QED) is 0.609. The van der Waals surface area contributed by atoms with Gasteiger partial charge in [0.05, 0.1) is 0 Å². The average Bonchev–Trinajstić information content (AvgIpc) is 2.04. The first-order chi connectivity index (χ1) is 5.33. The second kappa shape index (κ2) is 5.09. The Bertz CT molecular complexity index is 122. The fourth-order valence-electron chi connectivity index (χ4n) is 1.11. The molecule has 1 saturated heterocycles. The third-order valence-corrected chi connectivity index (χ3v) is 2.98. The molecular formula is C7H14N2S2. The molecule has 1 heterocycles. The molecule has 4 heteroatoms. The molecule has 0 unspecified atom stereocenters. The van der Waals surface area contributed by atoms with Crippen molar-refractivity contribution >= 4 is 28.7 Å². The molecule has 0 aliphatic carbocycles. The van der Waals surface area contributed by atoms with Crippen molar-refractivity contribution < 1.29 is 0 Å². The summed E-state index contributed by atoms with van der Waals surface area (Å²) in [4.78, 5) is 4.80. The van der Waals surface area contributed by atoms with Crippen LogP contribution >= 0.6 is 24.0 Å². The molecule has 0 saturated carbocycles. The van der Waals surface area contributed by atoms with Gasteiger partial charge in [-0.2, -0.15) is 0 Å². The van der Waals surface area contributed by atoms with Gasteiger partial charge in [-0.05, 0) is 7.05 Å². The van der Waals surface area contributed by atoms with Gasteiger partial charge in [0.25, 0.3) is 0 Å². The predicted octanol–water partition coefficient (Wildman–Crippen LogP) is 0.882. The van der Waals surface area contributed by atoms with E-state index in [4.69, 9.17) is 12.2 Å². The van der Waals surface area contributed by atoms with Crippen molar-refractivity contribution in [3.05, 3.63) is 0 Å². The molecule has 11 heavy (non-hydrogen) atoms. The number of thioether (sulfide) groups is 1. The minimum absolute atomic E-state index is 1.07. The molecule has 1 aliphatic heterocycles. The molecule has 64 valence electrons. The van der Waals surface area contributed by atoms with E-state index in [1.807, 2.05) is 0 Å². The minimum atomic E-state index is 1.07. The zero-order chi connectivity index (χ0) is 8.10. The summed E-state index contributed by atoms with van der Waals surface area (Å²) in [7, 11) is 2.17. The zero-order valence-corrected chi connectivity index (χ0v) is 8.46. The fraction of sp³-hybridized carbons (Fsp3) is 0.857. The van der Waals surface area contributed by atoms with Crippen molar-refractivity contribution in [3.63, 3.8) is 0 Å². The summed E-state index contributed by atoms with van der Waals surface area (Å²) in [5, 5.41) is 0. The van der Waals surface area contributed by atoms with E-state index in [1.54, 1.807) is 16.5 Å². The van der Waals surface area contributed by atoms with E-state index in [1.165, 1.54) is 26.2 Å². The number of nitrogens with zero attached hydrogens (tertiary/aromatic N) is 2. The predicted molar refractivity (Wildman–Crippen MR) is 55.2 cm³/mol. The molecule has 0 radical (unpaired) electrons. The van der Waals surface area contributed by atoms with Gasteiger partial charge >= 0.3 is 0 Å². The smallest absolute Gasteiger partial charge is 0.0495 e. The molecule has 1 rings (SSSR count). The van der Waals surface area contributed by atoms with E-state index in [-0.39, 0.29) is 0 Å². The maximum atomic E-state index is 4.74. The van der Waals surface area contributed by atoms with Gasteiger partial charge < -0.3 is 4.90 Å². The number of hydrogen-bond acceptors (Lipinski definition) is 4. The van der Waals surface area contributed by atoms with Crippen LogP contribution in [0.5, 0.6) is 0 Å². The third kappa shape index (κ3) is 3.51. The molecule has 0 aromatic heterocycles. The van der Waals surface area contributed by atoms with Crippen molar-refractivity contribution in [1.29, 1.82) is 0 Å². The third-order valence-electron chi connectivity index (χ3n) is 1.92. The van der Waals surface area contributed by atoms with Gasteiger partial charge in [0.1, 0.15) is 0 Å². The Morgan fingerprint density at radius 1 is 1.36 bits per heavy atom. The first kappa shape index (κ1) is 9.45. The van der Waals surface area contributed by atoms with Gasteiger partial charge in [0.15, 0.2) is 0 Å².